The van der Waals surface area contributed by atoms with Crippen LogP contribution in [-0.2, 0) is 5.41 Å². The molecule has 0 heterocycles. The SMILES string of the molecule is [Li+].c1ccc(C23CC[C-](CC2)CC3)cc1. The molecule has 4 rings (SSSR count). The van der Waals surface area contributed by atoms with Crippen molar-refractivity contribution in [1.29, 1.82) is 0 Å². The van der Waals surface area contributed by atoms with E-state index in [0.717, 1.165) is 0 Å². The molecule has 1 heteroatoms. The molecule has 0 aromatic heterocycles. The predicted molar refractivity (Wildman–Crippen MR) is 59.1 cm³/mol. The Morgan fingerprint density at radius 2 is 1.40 bits per heavy atom. The second-order valence-electron chi connectivity index (χ2n) is 4.90. The van der Waals surface area contributed by atoms with Crippen molar-refractivity contribution in [2.45, 2.75) is 43.9 Å². The van der Waals surface area contributed by atoms with E-state index in [1.54, 1.807) is 5.56 Å². The molecular weight excluding hydrogens is 175 g/mol. The summed E-state index contributed by atoms with van der Waals surface area (Å²) in [6.45, 7) is 0. The molecule has 0 amide bonds. The zero-order valence-corrected chi connectivity index (χ0v) is 9.63. The molecule has 0 radical (unpaired) electrons. The van der Waals surface area contributed by atoms with Gasteiger partial charge in [0.05, 0.1) is 0 Å². The maximum absolute atomic E-state index is 2.33. The molecule has 0 nitrogen and oxygen atoms in total. The van der Waals surface area contributed by atoms with Gasteiger partial charge in [-0.1, -0.05) is 49.6 Å². The summed E-state index contributed by atoms with van der Waals surface area (Å²) in [5, 5.41) is 0. The molecule has 15 heavy (non-hydrogen) atoms. The molecule has 0 saturated heterocycles. The normalized spacial score (nSPS) is 23.5. The third kappa shape index (κ3) is 1.91. The van der Waals surface area contributed by atoms with Crippen molar-refractivity contribution in [3.05, 3.63) is 41.8 Å². The summed E-state index contributed by atoms with van der Waals surface area (Å²) >= 11 is 0. The monoisotopic (exact) mass is 192 g/mol. The molecule has 3 aliphatic rings. The Labute approximate surface area is 105 Å². The van der Waals surface area contributed by atoms with Crippen LogP contribution in [0, 0.1) is 5.92 Å². The zero-order chi connectivity index (χ0) is 9.43. The minimum absolute atomic E-state index is 0. The van der Waals surface area contributed by atoms with Gasteiger partial charge >= 0.3 is 18.9 Å². The van der Waals surface area contributed by atoms with Gasteiger partial charge in [0.2, 0.25) is 0 Å². The summed E-state index contributed by atoms with van der Waals surface area (Å²) < 4.78 is 0. The molecular formula is C14H17Li. The van der Waals surface area contributed by atoms with Gasteiger partial charge in [0.25, 0.3) is 0 Å². The van der Waals surface area contributed by atoms with E-state index >= 15 is 0 Å². The Hall–Kier alpha value is -0.183. The van der Waals surface area contributed by atoms with E-state index in [4.69, 9.17) is 0 Å². The van der Waals surface area contributed by atoms with Crippen molar-refractivity contribution in [1.82, 2.24) is 0 Å². The summed E-state index contributed by atoms with van der Waals surface area (Å²) in [6.07, 6.45) is 8.42. The predicted octanol–water partition coefficient (Wildman–Crippen LogP) is 0.871. The van der Waals surface area contributed by atoms with Crippen LogP contribution in [0.3, 0.4) is 0 Å². The fourth-order valence-corrected chi connectivity index (χ4v) is 3.22. The Morgan fingerprint density at radius 1 is 0.867 bits per heavy atom. The number of hydrogen-bond donors (Lipinski definition) is 0. The molecule has 0 spiro atoms. The summed E-state index contributed by atoms with van der Waals surface area (Å²) in [4.78, 5) is 0. The molecule has 0 aliphatic heterocycles. The van der Waals surface area contributed by atoms with Crippen molar-refractivity contribution in [2.24, 2.45) is 0 Å². The van der Waals surface area contributed by atoms with Crippen LogP contribution < -0.4 is 18.9 Å². The first kappa shape index (κ1) is 11.3. The topological polar surface area (TPSA) is 0 Å². The first-order valence-electron chi connectivity index (χ1n) is 5.78. The molecule has 1 aromatic carbocycles. The van der Waals surface area contributed by atoms with E-state index in [1.165, 1.54) is 38.5 Å². The number of rotatable bonds is 1. The van der Waals surface area contributed by atoms with E-state index in [0.29, 0.717) is 5.41 Å². The van der Waals surface area contributed by atoms with Gasteiger partial charge in [-0.15, -0.1) is 0 Å². The second-order valence-corrected chi connectivity index (χ2v) is 4.90. The number of hydrogen-bond acceptors (Lipinski definition) is 0. The first-order chi connectivity index (χ1) is 6.89. The molecule has 3 aliphatic carbocycles. The van der Waals surface area contributed by atoms with E-state index in [1.807, 2.05) is 5.92 Å². The van der Waals surface area contributed by atoms with Gasteiger partial charge in [0, 0.05) is 0 Å². The van der Waals surface area contributed by atoms with E-state index in [9.17, 15) is 0 Å². The number of fused-ring (bicyclic) bond motifs is 3. The van der Waals surface area contributed by atoms with E-state index in [-0.39, 0.29) is 18.9 Å². The van der Waals surface area contributed by atoms with Crippen molar-refractivity contribution in [3.8, 4) is 0 Å². The average molecular weight is 192 g/mol. The zero-order valence-electron chi connectivity index (χ0n) is 9.63. The third-order valence-electron chi connectivity index (χ3n) is 4.26. The molecule has 74 valence electrons. The fraction of sp³-hybridized carbons (Fsp3) is 0.500. The maximum atomic E-state index is 2.33. The van der Waals surface area contributed by atoms with Crippen LogP contribution in [0.2, 0.25) is 0 Å². The molecule has 0 N–H and O–H groups in total. The van der Waals surface area contributed by atoms with Crippen LogP contribution in [-0.4, -0.2) is 0 Å². The molecule has 3 saturated carbocycles. The summed E-state index contributed by atoms with van der Waals surface area (Å²) in [7, 11) is 0. The minimum atomic E-state index is 0. The van der Waals surface area contributed by atoms with Crippen LogP contribution in [0.25, 0.3) is 0 Å². The summed E-state index contributed by atoms with van der Waals surface area (Å²) in [5.41, 5.74) is 2.15. The van der Waals surface area contributed by atoms with Gasteiger partial charge in [-0.05, 0) is 11.0 Å². The van der Waals surface area contributed by atoms with Crippen LogP contribution >= 0.6 is 0 Å². The molecule has 1 aromatic rings. The maximum Gasteiger partial charge on any atom is 1.00 e. The Morgan fingerprint density at radius 3 is 1.93 bits per heavy atom. The van der Waals surface area contributed by atoms with Crippen molar-refractivity contribution in [2.75, 3.05) is 0 Å². The smallest absolute Gasteiger partial charge is 0.314 e. The molecule has 0 unspecified atom stereocenters. The summed E-state index contributed by atoms with van der Waals surface area (Å²) in [6, 6.07) is 11.2. The molecule has 0 atom stereocenters. The summed E-state index contributed by atoms with van der Waals surface area (Å²) in [5.74, 6) is 1.84. The van der Waals surface area contributed by atoms with Crippen molar-refractivity contribution in [3.63, 3.8) is 0 Å². The molecule has 3 fully saturated rings. The van der Waals surface area contributed by atoms with Crippen LogP contribution in [0.5, 0.6) is 0 Å². The van der Waals surface area contributed by atoms with Gasteiger partial charge in [0.1, 0.15) is 0 Å². The first-order valence-corrected chi connectivity index (χ1v) is 5.78. The van der Waals surface area contributed by atoms with Gasteiger partial charge in [-0.3, -0.25) is 0 Å². The van der Waals surface area contributed by atoms with Crippen molar-refractivity contribution >= 4 is 0 Å². The van der Waals surface area contributed by atoms with E-state index in [2.05, 4.69) is 30.3 Å². The Balaban J connectivity index is 0.000000853. The quantitative estimate of drug-likeness (QED) is 0.457. The van der Waals surface area contributed by atoms with E-state index < -0.39 is 0 Å². The van der Waals surface area contributed by atoms with Gasteiger partial charge in [0.15, 0.2) is 0 Å². The van der Waals surface area contributed by atoms with Crippen LogP contribution in [0.4, 0.5) is 0 Å². The van der Waals surface area contributed by atoms with Gasteiger partial charge in [-0.25, -0.2) is 0 Å². The largest absolute Gasteiger partial charge is 1.00 e. The average Bonchev–Trinajstić information content (AvgIpc) is 2.33. The standard InChI is InChI=1S/C14H17.Li/c1-2-4-13(5-3-1)14-9-6-12(7-10-14)8-11-14;/h1-5H,6-11H2;/q-1;+1. The van der Waals surface area contributed by atoms with Crippen LogP contribution in [0.15, 0.2) is 30.3 Å². The van der Waals surface area contributed by atoms with Gasteiger partial charge in [-0.2, -0.15) is 19.3 Å². The van der Waals surface area contributed by atoms with Gasteiger partial charge < -0.3 is 5.92 Å². The number of benzene rings is 1. The molecule has 2 bridgehead atoms. The Kier molecular flexibility index (Phi) is 3.29. The second kappa shape index (κ2) is 4.36. The van der Waals surface area contributed by atoms with Crippen molar-refractivity contribution < 1.29 is 18.9 Å². The third-order valence-corrected chi connectivity index (χ3v) is 4.26. The minimum Gasteiger partial charge on any atom is -0.314 e. The fourth-order valence-electron chi connectivity index (χ4n) is 3.22. The van der Waals surface area contributed by atoms with Crippen LogP contribution in [0.1, 0.15) is 44.1 Å². The Bertz CT molecular complexity index is 296.